The Morgan fingerprint density at radius 1 is 0.383 bits per heavy atom. The minimum atomic E-state index is -0.425. The quantitative estimate of drug-likeness (QED) is 0.183. The van der Waals surface area contributed by atoms with E-state index in [0.717, 1.165) is 54.6 Å². The Hall–Kier alpha value is -6.18. The van der Waals surface area contributed by atoms with E-state index in [0.29, 0.717) is 22.3 Å². The molecule has 47 heavy (non-hydrogen) atoms. The van der Waals surface area contributed by atoms with Crippen LogP contribution in [-0.4, -0.2) is 0 Å². The highest BCUT2D eigenvalue weighted by atomic mass is 16.3. The SMILES string of the molecule is [2H]c1c([2H])c([2H])c2c(-c3cccc4ccccc34)c3c([2H])c([2H])c([2H])c([2H])c3c(-c3ccc(-c4cccc5oc6c7ccccc7ccc6c45)cc3)c2c1[2H]. The maximum absolute atomic E-state index is 9.32. The van der Waals surface area contributed by atoms with Crippen molar-refractivity contribution in [3.8, 4) is 33.4 Å². The second kappa shape index (κ2) is 10.2. The van der Waals surface area contributed by atoms with Crippen molar-refractivity contribution < 1.29 is 15.4 Å². The van der Waals surface area contributed by atoms with Crippen LogP contribution in [0.25, 0.3) is 98.4 Å². The molecule has 0 amide bonds. The van der Waals surface area contributed by atoms with Crippen molar-refractivity contribution in [3.05, 3.63) is 170 Å². The summed E-state index contributed by atoms with van der Waals surface area (Å²) in [7, 11) is 0. The lowest BCUT2D eigenvalue weighted by Gasteiger charge is -2.19. The average molecular weight is 605 g/mol. The molecular formula is C46H28O. The van der Waals surface area contributed by atoms with Crippen molar-refractivity contribution in [2.75, 3.05) is 0 Å². The largest absolute Gasteiger partial charge is 0.455 e. The van der Waals surface area contributed by atoms with E-state index >= 15 is 0 Å². The lowest BCUT2D eigenvalue weighted by Crippen LogP contribution is -1.91. The smallest absolute Gasteiger partial charge is 0.143 e. The molecule has 0 fully saturated rings. The summed E-state index contributed by atoms with van der Waals surface area (Å²) in [5.74, 6) is 0. The Kier molecular flexibility index (Phi) is 4.19. The fraction of sp³-hybridized carbons (Fsp3) is 0. The van der Waals surface area contributed by atoms with Crippen LogP contribution >= 0.6 is 0 Å². The van der Waals surface area contributed by atoms with E-state index in [4.69, 9.17) is 9.90 Å². The lowest BCUT2D eigenvalue weighted by atomic mass is 9.84. The first-order chi connectivity index (χ1) is 26.7. The van der Waals surface area contributed by atoms with E-state index in [9.17, 15) is 5.48 Å². The van der Waals surface area contributed by atoms with Crippen LogP contribution in [0.5, 0.6) is 0 Å². The van der Waals surface area contributed by atoms with Crippen LogP contribution in [0.2, 0.25) is 0 Å². The monoisotopic (exact) mass is 604 g/mol. The van der Waals surface area contributed by atoms with Crippen LogP contribution in [-0.2, 0) is 0 Å². The molecule has 0 bridgehead atoms. The van der Waals surface area contributed by atoms with Crippen molar-refractivity contribution in [2.24, 2.45) is 0 Å². The molecule has 0 spiro atoms. The topological polar surface area (TPSA) is 13.1 Å². The summed E-state index contributed by atoms with van der Waals surface area (Å²) in [6, 6.07) is 36.3. The molecule has 0 aliphatic rings. The third-order valence-corrected chi connectivity index (χ3v) is 9.31. The fourth-order valence-electron chi connectivity index (χ4n) is 7.24. The molecule has 218 valence electrons. The predicted molar refractivity (Wildman–Crippen MR) is 200 cm³/mol. The summed E-state index contributed by atoms with van der Waals surface area (Å²) in [5, 5.41) is 6.51. The van der Waals surface area contributed by atoms with E-state index in [1.54, 1.807) is 0 Å². The number of furan rings is 1. The predicted octanol–water partition coefficient (Wildman–Crippen LogP) is 13.2. The Balaban J connectivity index is 1.31. The summed E-state index contributed by atoms with van der Waals surface area (Å²) in [4.78, 5) is 0. The highest BCUT2D eigenvalue weighted by Gasteiger charge is 2.19. The number of fused-ring (bicyclic) bond motifs is 8. The summed E-state index contributed by atoms with van der Waals surface area (Å²) >= 11 is 0. The number of hydrogen-bond acceptors (Lipinski definition) is 1. The molecule has 0 unspecified atom stereocenters. The van der Waals surface area contributed by atoms with E-state index in [2.05, 4.69) is 24.3 Å². The molecule has 0 radical (unpaired) electrons. The van der Waals surface area contributed by atoms with Gasteiger partial charge in [0.25, 0.3) is 0 Å². The van der Waals surface area contributed by atoms with Gasteiger partial charge in [-0.05, 0) is 83.2 Å². The van der Waals surface area contributed by atoms with Crippen molar-refractivity contribution in [1.29, 1.82) is 0 Å². The maximum atomic E-state index is 9.32. The molecule has 10 aromatic rings. The zero-order valence-corrected chi connectivity index (χ0v) is 25.0. The lowest BCUT2D eigenvalue weighted by molar-refractivity contribution is 0.673. The summed E-state index contributed by atoms with van der Waals surface area (Å²) in [6.07, 6.45) is 0. The molecule has 1 nitrogen and oxygen atoms in total. The van der Waals surface area contributed by atoms with Crippen LogP contribution in [0.1, 0.15) is 11.0 Å². The van der Waals surface area contributed by atoms with Gasteiger partial charge < -0.3 is 4.42 Å². The Morgan fingerprint density at radius 3 is 1.66 bits per heavy atom. The van der Waals surface area contributed by atoms with Gasteiger partial charge in [0.1, 0.15) is 11.2 Å². The first-order valence-electron chi connectivity index (χ1n) is 19.5. The Bertz CT molecular complexity index is 3210. The Morgan fingerprint density at radius 2 is 0.936 bits per heavy atom. The van der Waals surface area contributed by atoms with E-state index in [1.165, 1.54) is 0 Å². The second-order valence-corrected chi connectivity index (χ2v) is 11.8. The number of rotatable bonds is 3. The number of benzene rings is 9. The molecule has 0 aliphatic heterocycles. The van der Waals surface area contributed by atoms with Gasteiger partial charge in [0.05, 0.1) is 11.0 Å². The minimum Gasteiger partial charge on any atom is -0.455 e. The van der Waals surface area contributed by atoms with Crippen LogP contribution < -0.4 is 0 Å². The highest BCUT2D eigenvalue weighted by molar-refractivity contribution is 6.24. The van der Waals surface area contributed by atoms with E-state index < -0.39 is 24.2 Å². The van der Waals surface area contributed by atoms with Crippen LogP contribution in [0.4, 0.5) is 0 Å². The van der Waals surface area contributed by atoms with Crippen molar-refractivity contribution in [2.45, 2.75) is 0 Å². The van der Waals surface area contributed by atoms with Crippen molar-refractivity contribution in [1.82, 2.24) is 0 Å². The highest BCUT2D eigenvalue weighted by Crippen LogP contribution is 2.46. The molecule has 1 heterocycles. The average Bonchev–Trinajstić information content (AvgIpc) is 3.62. The van der Waals surface area contributed by atoms with Crippen molar-refractivity contribution >= 4 is 65.0 Å². The van der Waals surface area contributed by atoms with E-state index in [1.807, 2.05) is 97.1 Å². The van der Waals surface area contributed by atoms with Gasteiger partial charge in [0.2, 0.25) is 0 Å². The maximum Gasteiger partial charge on any atom is 0.143 e. The van der Waals surface area contributed by atoms with Gasteiger partial charge in [-0.25, -0.2) is 0 Å². The first-order valence-corrected chi connectivity index (χ1v) is 15.5. The molecule has 0 saturated carbocycles. The standard InChI is InChI=1S/C46H28O/c1-3-14-33-29(11-1)13-9-21-36(33)44-39-18-7-5-16-37(39)43(38-17-6-8-19-40(38)44)32-25-23-31(24-26-32)34-20-10-22-42-45(34)41-28-27-30-12-2-4-15-35(30)46(41)47-42/h1-28H/i5D,6D,7D,8D,16D,17D,18D,19D. The third kappa shape index (κ3) is 3.90. The fourth-order valence-corrected chi connectivity index (χ4v) is 7.24. The summed E-state index contributed by atoms with van der Waals surface area (Å²) in [5.41, 5.74) is 5.21. The Labute approximate surface area is 283 Å². The molecule has 9 aromatic carbocycles. The molecule has 0 aliphatic carbocycles. The van der Waals surface area contributed by atoms with Gasteiger partial charge in [0.15, 0.2) is 0 Å². The number of hydrogen-bond donors (Lipinski definition) is 0. The molecule has 1 heteroatoms. The summed E-state index contributed by atoms with van der Waals surface area (Å²) in [6.45, 7) is 0. The van der Waals surface area contributed by atoms with Crippen LogP contribution in [0.15, 0.2) is 174 Å². The first kappa shape index (κ1) is 19.4. The summed E-state index contributed by atoms with van der Waals surface area (Å²) < 4.78 is 78.8. The third-order valence-electron chi connectivity index (χ3n) is 9.31. The minimum absolute atomic E-state index is 0.189. The van der Waals surface area contributed by atoms with Gasteiger partial charge in [-0.1, -0.05) is 158 Å². The molecule has 10 rings (SSSR count). The molecule has 0 N–H and O–H groups in total. The van der Waals surface area contributed by atoms with Gasteiger partial charge in [-0.2, -0.15) is 0 Å². The second-order valence-electron chi connectivity index (χ2n) is 11.8. The van der Waals surface area contributed by atoms with Gasteiger partial charge >= 0.3 is 0 Å². The van der Waals surface area contributed by atoms with Gasteiger partial charge in [-0.3, -0.25) is 0 Å². The zero-order valence-electron chi connectivity index (χ0n) is 33.0. The van der Waals surface area contributed by atoms with Gasteiger partial charge in [-0.15, -0.1) is 0 Å². The zero-order chi connectivity index (χ0) is 37.9. The van der Waals surface area contributed by atoms with E-state index in [-0.39, 0.29) is 45.7 Å². The van der Waals surface area contributed by atoms with Crippen molar-refractivity contribution in [3.63, 3.8) is 0 Å². The molecular weight excluding hydrogens is 569 g/mol. The van der Waals surface area contributed by atoms with Crippen LogP contribution in [0, 0.1) is 0 Å². The molecule has 0 saturated heterocycles. The molecule has 1 aromatic heterocycles. The van der Waals surface area contributed by atoms with Gasteiger partial charge in [0, 0.05) is 16.2 Å². The normalized spacial score (nSPS) is 14.2. The van der Waals surface area contributed by atoms with Crippen LogP contribution in [0.3, 0.4) is 0 Å². The molecule has 0 atom stereocenters.